The van der Waals surface area contributed by atoms with Crippen LogP contribution in [0.5, 0.6) is 0 Å². The van der Waals surface area contributed by atoms with Gasteiger partial charge in [-0.05, 0) is 47.3 Å². The number of imide groups is 1. The Morgan fingerprint density at radius 1 is 1.30 bits per heavy atom. The molecule has 0 spiro atoms. The van der Waals surface area contributed by atoms with Gasteiger partial charge in [-0.15, -0.1) is 0 Å². The number of halogens is 1. The Morgan fingerprint density at radius 3 is 2.70 bits per heavy atom. The van der Waals surface area contributed by atoms with Gasteiger partial charge in [0, 0.05) is 12.6 Å². The number of rotatable bonds is 2. The van der Waals surface area contributed by atoms with Gasteiger partial charge in [0.05, 0.1) is 4.48 Å². The summed E-state index contributed by atoms with van der Waals surface area (Å²) in [6.07, 6.45) is 6.60. The number of benzene rings is 1. The minimum Gasteiger partial charge on any atom is -0.274 e. The summed E-state index contributed by atoms with van der Waals surface area (Å²) in [5, 5.41) is 0. The Hall–Kier alpha value is -1.68. The zero-order chi connectivity index (χ0) is 14.5. The third kappa shape index (κ3) is 3.67. The van der Waals surface area contributed by atoms with Crippen molar-refractivity contribution in [1.29, 1.82) is 0 Å². The minimum absolute atomic E-state index is 0.263. The zero-order valence-corrected chi connectivity index (χ0v) is 12.9. The lowest BCUT2D eigenvalue weighted by Crippen LogP contribution is -2.35. The van der Waals surface area contributed by atoms with Crippen molar-refractivity contribution in [3.8, 4) is 0 Å². The Bertz CT molecular complexity index is 573. The maximum absolute atomic E-state index is 12.1. The molecule has 20 heavy (non-hydrogen) atoms. The van der Waals surface area contributed by atoms with Crippen LogP contribution < -0.4 is 0 Å². The van der Waals surface area contributed by atoms with E-state index in [4.69, 9.17) is 0 Å². The molecule has 0 atom stereocenters. The van der Waals surface area contributed by atoms with E-state index in [1.807, 2.05) is 37.3 Å². The van der Waals surface area contributed by atoms with Gasteiger partial charge in [-0.2, -0.15) is 0 Å². The predicted molar refractivity (Wildman–Crippen MR) is 83.2 cm³/mol. The summed E-state index contributed by atoms with van der Waals surface area (Å²) in [5.74, 6) is -0.538. The van der Waals surface area contributed by atoms with E-state index in [1.165, 1.54) is 16.5 Å². The number of aryl methyl sites for hydroxylation is 1. The quantitative estimate of drug-likeness (QED) is 0.777. The molecule has 1 heterocycles. The van der Waals surface area contributed by atoms with Gasteiger partial charge < -0.3 is 0 Å². The van der Waals surface area contributed by atoms with Crippen molar-refractivity contribution in [2.24, 2.45) is 0 Å². The molecule has 1 aromatic carbocycles. The van der Waals surface area contributed by atoms with E-state index in [9.17, 15) is 9.59 Å². The summed E-state index contributed by atoms with van der Waals surface area (Å²) in [5.41, 5.74) is 2.12. The summed E-state index contributed by atoms with van der Waals surface area (Å²) in [4.78, 5) is 25.4. The topological polar surface area (TPSA) is 37.4 Å². The van der Waals surface area contributed by atoms with Crippen molar-refractivity contribution >= 4 is 33.8 Å². The van der Waals surface area contributed by atoms with Crippen molar-refractivity contribution < 1.29 is 9.59 Å². The summed E-state index contributed by atoms with van der Waals surface area (Å²) >= 11 is 3.21. The average Bonchev–Trinajstić information content (AvgIpc) is 2.61. The number of nitrogens with zero attached hydrogens (tertiary/aromatic N) is 1. The maximum Gasteiger partial charge on any atom is 0.267 e. The molecule has 0 bridgehead atoms. The van der Waals surface area contributed by atoms with Gasteiger partial charge in [-0.25, -0.2) is 0 Å². The number of amides is 2. The third-order valence-corrected chi connectivity index (χ3v) is 3.78. The van der Waals surface area contributed by atoms with Crippen LogP contribution in [0.3, 0.4) is 0 Å². The summed E-state index contributed by atoms with van der Waals surface area (Å²) < 4.78 is 0.465. The molecule has 1 aliphatic heterocycles. The Labute approximate surface area is 127 Å². The molecule has 0 aromatic heterocycles. The molecule has 1 aromatic rings. The fourth-order valence-electron chi connectivity index (χ4n) is 1.94. The number of carbonyl (C=O) groups excluding carboxylic acids is 2. The SMILES string of the molecule is Cc1ccc(/C=C/C(=O)N2CCCC=C(Br)C2=O)cc1. The number of allylic oxidation sites excluding steroid dienone is 1. The van der Waals surface area contributed by atoms with Gasteiger partial charge in [-0.1, -0.05) is 35.9 Å². The molecule has 0 N–H and O–H groups in total. The highest BCUT2D eigenvalue weighted by molar-refractivity contribution is 9.12. The molecule has 0 saturated heterocycles. The number of hydrogen-bond acceptors (Lipinski definition) is 2. The molecule has 4 heteroatoms. The predicted octanol–water partition coefficient (Wildman–Crippen LogP) is 3.44. The van der Waals surface area contributed by atoms with E-state index in [1.54, 1.807) is 6.08 Å². The van der Waals surface area contributed by atoms with Crippen molar-refractivity contribution in [2.75, 3.05) is 6.54 Å². The van der Waals surface area contributed by atoms with Crippen LogP contribution >= 0.6 is 15.9 Å². The van der Waals surface area contributed by atoms with Gasteiger partial charge in [0.2, 0.25) is 0 Å². The van der Waals surface area contributed by atoms with Crippen LogP contribution in [0, 0.1) is 6.92 Å². The van der Waals surface area contributed by atoms with E-state index in [0.29, 0.717) is 11.0 Å². The molecule has 0 radical (unpaired) electrons. The summed E-state index contributed by atoms with van der Waals surface area (Å²) in [6, 6.07) is 7.86. The molecule has 104 valence electrons. The number of carbonyl (C=O) groups is 2. The third-order valence-electron chi connectivity index (χ3n) is 3.12. The lowest BCUT2D eigenvalue weighted by molar-refractivity contribution is -0.138. The molecular weight excluding hydrogens is 318 g/mol. The second-order valence-corrected chi connectivity index (χ2v) is 5.59. The molecule has 2 rings (SSSR count). The van der Waals surface area contributed by atoms with Gasteiger partial charge in [0.25, 0.3) is 11.8 Å². The van der Waals surface area contributed by atoms with Crippen LogP contribution in [-0.2, 0) is 9.59 Å². The minimum atomic E-state index is -0.275. The van der Waals surface area contributed by atoms with Crippen molar-refractivity contribution in [3.05, 3.63) is 52.0 Å². The van der Waals surface area contributed by atoms with Crippen LogP contribution in [0.25, 0.3) is 6.08 Å². The Balaban J connectivity index is 2.09. The Kier molecular flexibility index (Phi) is 4.90. The molecule has 0 unspecified atom stereocenters. The van der Waals surface area contributed by atoms with Crippen LogP contribution in [0.1, 0.15) is 24.0 Å². The zero-order valence-electron chi connectivity index (χ0n) is 11.3. The summed E-state index contributed by atoms with van der Waals surface area (Å²) in [7, 11) is 0. The van der Waals surface area contributed by atoms with Crippen LogP contribution in [0.2, 0.25) is 0 Å². The molecule has 1 aliphatic rings. The second kappa shape index (κ2) is 6.66. The first-order chi connectivity index (χ1) is 9.58. The molecule has 3 nitrogen and oxygen atoms in total. The Morgan fingerprint density at radius 2 is 2.00 bits per heavy atom. The lowest BCUT2D eigenvalue weighted by atomic mass is 10.1. The van der Waals surface area contributed by atoms with E-state index in [-0.39, 0.29) is 11.8 Å². The van der Waals surface area contributed by atoms with Crippen LogP contribution in [-0.4, -0.2) is 23.3 Å². The second-order valence-electron chi connectivity index (χ2n) is 4.73. The van der Waals surface area contributed by atoms with E-state index in [2.05, 4.69) is 15.9 Å². The van der Waals surface area contributed by atoms with E-state index >= 15 is 0 Å². The molecule has 2 amide bonds. The van der Waals surface area contributed by atoms with Gasteiger partial charge >= 0.3 is 0 Å². The maximum atomic E-state index is 12.1. The fourth-order valence-corrected chi connectivity index (χ4v) is 2.38. The normalized spacial score (nSPS) is 16.2. The standard InChI is InChI=1S/C16H16BrNO2/c1-12-5-7-13(8-6-12)9-10-15(19)18-11-3-2-4-14(17)16(18)20/h4-10H,2-3,11H2,1H3/b10-9+. The molecule has 0 saturated carbocycles. The smallest absolute Gasteiger partial charge is 0.267 e. The monoisotopic (exact) mass is 333 g/mol. The van der Waals surface area contributed by atoms with Crippen molar-refractivity contribution in [1.82, 2.24) is 4.90 Å². The first-order valence-electron chi connectivity index (χ1n) is 6.54. The molecular formula is C16H16BrNO2. The first-order valence-corrected chi connectivity index (χ1v) is 7.33. The lowest BCUT2D eigenvalue weighted by Gasteiger charge is -2.16. The van der Waals surface area contributed by atoms with Gasteiger partial charge in [0.1, 0.15) is 0 Å². The summed E-state index contributed by atoms with van der Waals surface area (Å²) in [6.45, 7) is 2.47. The van der Waals surface area contributed by atoms with E-state index in [0.717, 1.165) is 18.4 Å². The highest BCUT2D eigenvalue weighted by atomic mass is 79.9. The fraction of sp³-hybridized carbons (Fsp3) is 0.250. The van der Waals surface area contributed by atoms with Crippen LogP contribution in [0.15, 0.2) is 40.9 Å². The number of hydrogen-bond donors (Lipinski definition) is 0. The van der Waals surface area contributed by atoms with Crippen LogP contribution in [0.4, 0.5) is 0 Å². The molecule has 0 fully saturated rings. The highest BCUT2D eigenvalue weighted by Crippen LogP contribution is 2.17. The van der Waals surface area contributed by atoms with Gasteiger partial charge in [0.15, 0.2) is 0 Å². The molecule has 0 aliphatic carbocycles. The van der Waals surface area contributed by atoms with E-state index < -0.39 is 0 Å². The van der Waals surface area contributed by atoms with Crippen molar-refractivity contribution in [3.63, 3.8) is 0 Å². The first kappa shape index (κ1) is 14.7. The largest absolute Gasteiger partial charge is 0.274 e. The van der Waals surface area contributed by atoms with Gasteiger partial charge in [-0.3, -0.25) is 14.5 Å². The highest BCUT2D eigenvalue weighted by Gasteiger charge is 2.23. The van der Waals surface area contributed by atoms with Crippen molar-refractivity contribution in [2.45, 2.75) is 19.8 Å². The average molecular weight is 334 g/mol.